The minimum absolute atomic E-state index is 0.0165. The van der Waals surface area contributed by atoms with E-state index < -0.39 is 30.2 Å². The third-order valence-corrected chi connectivity index (χ3v) is 10.6. The summed E-state index contributed by atoms with van der Waals surface area (Å²) >= 11 is 0. The summed E-state index contributed by atoms with van der Waals surface area (Å²) in [6.45, 7) is 3.46. The van der Waals surface area contributed by atoms with E-state index in [2.05, 4.69) is 6.92 Å². The fraction of sp³-hybridized carbons (Fsp3) is 0.632. The van der Waals surface area contributed by atoms with Crippen molar-refractivity contribution in [2.24, 2.45) is 23.7 Å². The van der Waals surface area contributed by atoms with Gasteiger partial charge in [-0.3, -0.25) is 0 Å². The summed E-state index contributed by atoms with van der Waals surface area (Å²) in [7, 11) is 0. The van der Waals surface area contributed by atoms with E-state index >= 15 is 13.2 Å². The predicted octanol–water partition coefficient (Wildman–Crippen LogP) is 11.7. The Labute approximate surface area is 275 Å². The number of halogens is 6. The van der Waals surface area contributed by atoms with Crippen LogP contribution in [-0.2, 0) is 15.9 Å². The summed E-state index contributed by atoms with van der Waals surface area (Å²) in [4.78, 5) is 0. The summed E-state index contributed by atoms with van der Waals surface area (Å²) < 4.78 is 101. The van der Waals surface area contributed by atoms with Gasteiger partial charge in [-0.1, -0.05) is 63.6 Å². The summed E-state index contributed by atoms with van der Waals surface area (Å²) in [5.74, 6) is -0.965. The van der Waals surface area contributed by atoms with Crippen LogP contribution in [0, 0.1) is 35.3 Å². The van der Waals surface area contributed by atoms with E-state index in [1.54, 1.807) is 6.07 Å². The number of allylic oxidation sites excluding steroid dienone is 1. The van der Waals surface area contributed by atoms with Crippen molar-refractivity contribution in [2.45, 2.75) is 115 Å². The van der Waals surface area contributed by atoms with Crippen molar-refractivity contribution in [2.75, 3.05) is 13.2 Å². The second kappa shape index (κ2) is 16.7. The van der Waals surface area contributed by atoms with E-state index in [1.165, 1.54) is 69.6 Å². The third kappa shape index (κ3) is 9.78. The first-order valence-electron chi connectivity index (χ1n) is 17.5. The maximum Gasteiger partial charge on any atom is 0.400 e. The lowest BCUT2D eigenvalue weighted by Crippen LogP contribution is -2.37. The van der Waals surface area contributed by atoms with Crippen LogP contribution >= 0.6 is 0 Å². The molecule has 0 unspecified atom stereocenters. The van der Waals surface area contributed by atoms with Crippen LogP contribution in [0.25, 0.3) is 0 Å². The fourth-order valence-electron chi connectivity index (χ4n) is 7.75. The third-order valence-electron chi connectivity index (χ3n) is 10.6. The van der Waals surface area contributed by atoms with E-state index in [4.69, 9.17) is 14.2 Å². The van der Waals surface area contributed by atoms with Crippen molar-refractivity contribution in [1.29, 1.82) is 0 Å². The average molecular weight is 667 g/mol. The maximum absolute atomic E-state index is 15.4. The Morgan fingerprint density at radius 1 is 0.851 bits per heavy atom. The van der Waals surface area contributed by atoms with E-state index in [-0.39, 0.29) is 48.7 Å². The lowest BCUT2D eigenvalue weighted by molar-refractivity contribution is -0.222. The zero-order chi connectivity index (χ0) is 33.4. The Morgan fingerprint density at radius 2 is 1.57 bits per heavy atom. The van der Waals surface area contributed by atoms with Gasteiger partial charge in [0.1, 0.15) is 17.4 Å². The SMILES string of the molecule is CCCCCC1CCC(C2COC(c3ccc(C4CCC(C(F)(F)Oc5ccc(CCC=C(F)F)c(F)c5)CC4)c(F)c3)OC2)CC1. The van der Waals surface area contributed by atoms with Gasteiger partial charge in [0.05, 0.1) is 19.1 Å². The molecule has 0 radical (unpaired) electrons. The van der Waals surface area contributed by atoms with Crippen molar-refractivity contribution >= 4 is 0 Å². The quantitative estimate of drug-likeness (QED) is 0.157. The summed E-state index contributed by atoms with van der Waals surface area (Å²) in [5, 5.41) is 0. The molecule has 47 heavy (non-hydrogen) atoms. The second-order valence-corrected chi connectivity index (χ2v) is 13.8. The lowest BCUT2D eigenvalue weighted by atomic mass is 9.74. The molecule has 1 aliphatic heterocycles. The van der Waals surface area contributed by atoms with Gasteiger partial charge in [0.15, 0.2) is 6.29 Å². The predicted molar refractivity (Wildman–Crippen MR) is 169 cm³/mol. The van der Waals surface area contributed by atoms with Crippen molar-refractivity contribution in [3.63, 3.8) is 0 Å². The Kier molecular flexibility index (Phi) is 12.7. The second-order valence-electron chi connectivity index (χ2n) is 13.8. The van der Waals surface area contributed by atoms with Crippen LogP contribution in [0.3, 0.4) is 0 Å². The van der Waals surface area contributed by atoms with Crippen LogP contribution in [0.4, 0.5) is 26.3 Å². The molecular weight excluding hydrogens is 618 g/mol. The molecule has 260 valence electrons. The molecule has 3 nitrogen and oxygen atoms in total. The Morgan fingerprint density at radius 3 is 2.21 bits per heavy atom. The van der Waals surface area contributed by atoms with Gasteiger partial charge in [0.2, 0.25) is 0 Å². The number of aryl methyl sites for hydroxylation is 1. The number of benzene rings is 2. The van der Waals surface area contributed by atoms with E-state index in [0.717, 1.165) is 12.0 Å². The average Bonchev–Trinajstić information content (AvgIpc) is 3.06. The van der Waals surface area contributed by atoms with Crippen molar-refractivity contribution < 1.29 is 40.6 Å². The highest BCUT2D eigenvalue weighted by atomic mass is 19.3. The van der Waals surface area contributed by atoms with Crippen molar-refractivity contribution in [3.8, 4) is 5.75 Å². The van der Waals surface area contributed by atoms with E-state index in [0.29, 0.717) is 55.1 Å². The Hall–Kier alpha value is -2.52. The molecule has 9 heteroatoms. The molecule has 1 saturated heterocycles. The number of unbranched alkanes of at least 4 members (excludes halogenated alkanes) is 2. The topological polar surface area (TPSA) is 27.7 Å². The molecule has 0 amide bonds. The molecule has 2 aromatic rings. The first-order chi connectivity index (χ1) is 22.6. The van der Waals surface area contributed by atoms with E-state index in [1.807, 2.05) is 6.07 Å². The number of hydrogen-bond donors (Lipinski definition) is 0. The molecule has 2 saturated carbocycles. The van der Waals surface area contributed by atoms with Crippen LogP contribution in [0.1, 0.15) is 119 Å². The summed E-state index contributed by atoms with van der Waals surface area (Å²) in [6, 6.07) is 8.36. The molecular formula is C38H48F6O3. The molecule has 5 rings (SSSR count). The fourth-order valence-corrected chi connectivity index (χ4v) is 7.75. The van der Waals surface area contributed by atoms with Gasteiger partial charge in [0, 0.05) is 17.5 Å². The minimum Gasteiger partial charge on any atom is -0.432 e. The Bertz CT molecular complexity index is 1300. The zero-order valence-electron chi connectivity index (χ0n) is 27.3. The van der Waals surface area contributed by atoms with Crippen LogP contribution in [0.2, 0.25) is 0 Å². The molecule has 0 spiro atoms. The number of rotatable bonds is 13. The highest BCUT2D eigenvalue weighted by Crippen LogP contribution is 2.45. The van der Waals surface area contributed by atoms with E-state index in [9.17, 15) is 13.2 Å². The monoisotopic (exact) mass is 666 g/mol. The molecule has 0 atom stereocenters. The summed E-state index contributed by atoms with van der Waals surface area (Å²) in [6.07, 6.45) is 5.89. The number of alkyl halides is 2. The van der Waals surface area contributed by atoms with Crippen LogP contribution in [0.5, 0.6) is 5.75 Å². The van der Waals surface area contributed by atoms with Gasteiger partial charge < -0.3 is 14.2 Å². The van der Waals surface area contributed by atoms with Gasteiger partial charge in [0.25, 0.3) is 6.08 Å². The van der Waals surface area contributed by atoms with Crippen molar-refractivity contribution in [3.05, 3.63) is 76.9 Å². The van der Waals surface area contributed by atoms with Gasteiger partial charge in [-0.25, -0.2) is 8.78 Å². The molecule has 1 heterocycles. The standard InChI is InChI=1S/C38H48F6O3/c1-2-3-4-6-25-9-11-26(12-10-25)30-23-45-37(46-24-30)29-16-20-33(35(40)21-29)27-13-17-31(18-14-27)38(43,44)47-32-19-15-28(34(39)22-32)7-5-8-36(41)42/h8,15-16,19-22,25-27,30-31,37H,2-7,9-14,17-18,23-24H2,1H3. The van der Waals surface area contributed by atoms with Gasteiger partial charge in [-0.2, -0.15) is 17.6 Å². The Balaban J connectivity index is 1.07. The highest BCUT2D eigenvalue weighted by molar-refractivity contribution is 5.30. The molecule has 0 aromatic heterocycles. The van der Waals surface area contributed by atoms with Crippen LogP contribution in [-0.4, -0.2) is 19.3 Å². The molecule has 3 fully saturated rings. The molecule has 0 N–H and O–H groups in total. The highest BCUT2D eigenvalue weighted by Gasteiger charge is 2.44. The normalized spacial score (nSPS) is 27.0. The largest absolute Gasteiger partial charge is 0.432 e. The molecule has 2 aliphatic carbocycles. The first kappa shape index (κ1) is 35.8. The van der Waals surface area contributed by atoms with Gasteiger partial charge in [-0.15, -0.1) is 0 Å². The van der Waals surface area contributed by atoms with Crippen molar-refractivity contribution in [1.82, 2.24) is 0 Å². The smallest absolute Gasteiger partial charge is 0.400 e. The molecule has 2 aromatic carbocycles. The minimum atomic E-state index is -3.54. The number of ether oxygens (including phenoxy) is 3. The molecule has 3 aliphatic rings. The number of hydrogen-bond acceptors (Lipinski definition) is 3. The molecule has 0 bridgehead atoms. The summed E-state index contributed by atoms with van der Waals surface area (Å²) in [5.41, 5.74) is 1.27. The lowest BCUT2D eigenvalue weighted by Gasteiger charge is -2.38. The maximum atomic E-state index is 15.4. The zero-order valence-corrected chi connectivity index (χ0v) is 27.3. The van der Waals surface area contributed by atoms with Gasteiger partial charge in [-0.05, 0) is 98.5 Å². The van der Waals surface area contributed by atoms with Crippen LogP contribution < -0.4 is 4.74 Å². The van der Waals surface area contributed by atoms with Crippen LogP contribution in [0.15, 0.2) is 48.6 Å². The van der Waals surface area contributed by atoms with Gasteiger partial charge >= 0.3 is 6.11 Å². The first-order valence-corrected chi connectivity index (χ1v) is 17.5.